The number of nitro groups is 1. The van der Waals surface area contributed by atoms with Crippen LogP contribution in [0.1, 0.15) is 18.5 Å². The fourth-order valence-corrected chi connectivity index (χ4v) is 4.87. The fraction of sp³-hybridized carbons (Fsp3) is 0.100. The maximum atomic E-state index is 13.5. The largest absolute Gasteiger partial charge is 0.269 e. The van der Waals surface area contributed by atoms with Gasteiger partial charge in [0.1, 0.15) is 0 Å². The Labute approximate surface area is 168 Å². The molecule has 28 heavy (non-hydrogen) atoms. The lowest BCUT2D eigenvalue weighted by atomic mass is 10.1. The molecule has 0 radical (unpaired) electrons. The van der Waals surface area contributed by atoms with Gasteiger partial charge < -0.3 is 0 Å². The number of nitro benzene ring substituents is 1. The van der Waals surface area contributed by atoms with Crippen LogP contribution in [0, 0.1) is 10.1 Å². The van der Waals surface area contributed by atoms with E-state index in [1.807, 2.05) is 0 Å². The van der Waals surface area contributed by atoms with E-state index in [9.17, 15) is 18.5 Å². The Morgan fingerprint density at radius 3 is 2.07 bits per heavy atom. The number of para-hydroxylation sites is 1. The van der Waals surface area contributed by atoms with Crippen molar-refractivity contribution in [2.75, 3.05) is 4.31 Å². The second-order valence-electron chi connectivity index (χ2n) is 6.08. The van der Waals surface area contributed by atoms with E-state index in [2.05, 4.69) is 0 Å². The average Bonchev–Trinajstić information content (AvgIpc) is 2.69. The molecule has 0 heterocycles. The minimum absolute atomic E-state index is 0.0409. The summed E-state index contributed by atoms with van der Waals surface area (Å²) in [6, 6.07) is 19.9. The van der Waals surface area contributed by atoms with Crippen molar-refractivity contribution in [3.05, 3.63) is 99.6 Å². The van der Waals surface area contributed by atoms with E-state index in [4.69, 9.17) is 11.6 Å². The first-order chi connectivity index (χ1) is 13.3. The molecule has 0 aliphatic rings. The highest BCUT2D eigenvalue weighted by atomic mass is 35.5. The van der Waals surface area contributed by atoms with Crippen molar-refractivity contribution in [2.45, 2.75) is 17.9 Å². The summed E-state index contributed by atoms with van der Waals surface area (Å²) in [7, 11) is -4.01. The van der Waals surface area contributed by atoms with Gasteiger partial charge in [-0.05, 0) is 42.8 Å². The zero-order chi connectivity index (χ0) is 20.3. The second-order valence-corrected chi connectivity index (χ2v) is 8.31. The van der Waals surface area contributed by atoms with Crippen LogP contribution in [0.5, 0.6) is 0 Å². The van der Waals surface area contributed by atoms with Gasteiger partial charge in [-0.1, -0.05) is 48.0 Å². The molecular formula is C20H17ClN2O4S. The Hall–Kier alpha value is -2.90. The van der Waals surface area contributed by atoms with Crippen LogP contribution in [0.4, 0.5) is 11.4 Å². The van der Waals surface area contributed by atoms with Gasteiger partial charge >= 0.3 is 0 Å². The van der Waals surface area contributed by atoms with E-state index < -0.39 is 21.0 Å². The van der Waals surface area contributed by atoms with Crippen LogP contribution in [0.2, 0.25) is 5.02 Å². The molecule has 0 aromatic heterocycles. The van der Waals surface area contributed by atoms with Crippen molar-refractivity contribution < 1.29 is 13.3 Å². The molecule has 3 rings (SSSR count). The maximum absolute atomic E-state index is 13.5. The van der Waals surface area contributed by atoms with Crippen molar-refractivity contribution in [1.82, 2.24) is 0 Å². The number of non-ortho nitro benzene ring substituents is 1. The summed E-state index contributed by atoms with van der Waals surface area (Å²) in [6.07, 6.45) is 0. The molecule has 0 amide bonds. The molecular weight excluding hydrogens is 400 g/mol. The molecule has 0 spiro atoms. The second kappa shape index (κ2) is 8.00. The van der Waals surface area contributed by atoms with E-state index in [-0.39, 0.29) is 10.6 Å². The Morgan fingerprint density at radius 1 is 0.929 bits per heavy atom. The van der Waals surface area contributed by atoms with Crippen LogP contribution in [0.15, 0.2) is 83.8 Å². The third kappa shape index (κ3) is 3.85. The number of rotatable bonds is 6. The molecule has 8 heteroatoms. The van der Waals surface area contributed by atoms with Gasteiger partial charge in [-0.3, -0.25) is 14.4 Å². The maximum Gasteiger partial charge on any atom is 0.269 e. The first-order valence-corrected chi connectivity index (χ1v) is 10.2. The lowest BCUT2D eigenvalue weighted by Crippen LogP contribution is -2.33. The van der Waals surface area contributed by atoms with Crippen LogP contribution in [-0.4, -0.2) is 13.3 Å². The Bertz CT molecular complexity index is 1090. The molecule has 0 fully saturated rings. The van der Waals surface area contributed by atoms with Crippen molar-refractivity contribution in [2.24, 2.45) is 0 Å². The molecule has 0 N–H and O–H groups in total. The van der Waals surface area contributed by atoms with E-state index in [1.165, 1.54) is 28.6 Å². The van der Waals surface area contributed by atoms with Crippen LogP contribution < -0.4 is 4.31 Å². The Morgan fingerprint density at radius 2 is 1.50 bits per heavy atom. The summed E-state index contributed by atoms with van der Waals surface area (Å²) in [5, 5.41) is 11.3. The van der Waals surface area contributed by atoms with E-state index >= 15 is 0 Å². The number of anilines is 1. The fourth-order valence-electron chi connectivity index (χ4n) is 2.94. The minimum Gasteiger partial charge on any atom is -0.259 e. The topological polar surface area (TPSA) is 80.5 Å². The standard InChI is InChI=1S/C20H17ClN2O4S/c1-15(19-9-5-6-10-20(19)21)22(16-7-3-2-4-8-16)28(26,27)18-13-11-17(12-14-18)23(24)25/h2-15H,1H3. The van der Waals surface area contributed by atoms with Crippen LogP contribution >= 0.6 is 11.6 Å². The van der Waals surface area contributed by atoms with Gasteiger partial charge in [-0.2, -0.15) is 0 Å². The van der Waals surface area contributed by atoms with Gasteiger partial charge in [0.15, 0.2) is 0 Å². The monoisotopic (exact) mass is 416 g/mol. The first-order valence-electron chi connectivity index (χ1n) is 8.41. The summed E-state index contributed by atoms with van der Waals surface area (Å²) < 4.78 is 28.2. The predicted molar refractivity (Wildman–Crippen MR) is 109 cm³/mol. The van der Waals surface area contributed by atoms with E-state index in [0.717, 1.165) is 0 Å². The molecule has 6 nitrogen and oxygen atoms in total. The SMILES string of the molecule is CC(c1ccccc1Cl)N(c1ccccc1)S(=O)(=O)c1ccc([N+](=O)[O-])cc1. The highest BCUT2D eigenvalue weighted by molar-refractivity contribution is 7.92. The molecule has 0 bridgehead atoms. The highest BCUT2D eigenvalue weighted by Gasteiger charge is 2.31. The lowest BCUT2D eigenvalue weighted by molar-refractivity contribution is -0.384. The van der Waals surface area contributed by atoms with Gasteiger partial charge in [-0.15, -0.1) is 0 Å². The quantitative estimate of drug-likeness (QED) is 0.408. The number of nitrogens with zero attached hydrogens (tertiary/aromatic N) is 2. The van der Waals surface area contributed by atoms with Gasteiger partial charge in [0.25, 0.3) is 15.7 Å². The summed E-state index contributed by atoms with van der Waals surface area (Å²) in [6.45, 7) is 1.75. The highest BCUT2D eigenvalue weighted by Crippen LogP contribution is 2.36. The van der Waals surface area contributed by atoms with Crippen molar-refractivity contribution in [3.63, 3.8) is 0 Å². The smallest absolute Gasteiger partial charge is 0.259 e. The van der Waals surface area contributed by atoms with Crippen molar-refractivity contribution in [3.8, 4) is 0 Å². The minimum atomic E-state index is -4.01. The zero-order valence-electron chi connectivity index (χ0n) is 14.9. The average molecular weight is 417 g/mol. The number of hydrogen-bond acceptors (Lipinski definition) is 4. The van der Waals surface area contributed by atoms with Crippen molar-refractivity contribution >= 4 is 33.0 Å². The number of benzene rings is 3. The van der Waals surface area contributed by atoms with Crippen LogP contribution in [-0.2, 0) is 10.0 Å². The number of hydrogen-bond donors (Lipinski definition) is 0. The number of sulfonamides is 1. The summed E-state index contributed by atoms with van der Waals surface area (Å²) >= 11 is 6.31. The number of halogens is 1. The molecule has 1 unspecified atom stereocenters. The van der Waals surface area contributed by atoms with Gasteiger partial charge in [-0.25, -0.2) is 8.42 Å². The van der Waals surface area contributed by atoms with E-state index in [0.29, 0.717) is 16.3 Å². The van der Waals surface area contributed by atoms with Crippen LogP contribution in [0.3, 0.4) is 0 Å². The first kappa shape index (κ1) is 19.9. The Kier molecular flexibility index (Phi) is 5.67. The summed E-state index contributed by atoms with van der Waals surface area (Å²) in [5.41, 5.74) is 0.941. The molecule has 3 aromatic carbocycles. The van der Waals surface area contributed by atoms with E-state index in [1.54, 1.807) is 61.5 Å². The molecule has 0 saturated carbocycles. The van der Waals surface area contributed by atoms with Gasteiger partial charge in [0.05, 0.1) is 21.5 Å². The molecule has 0 saturated heterocycles. The molecule has 3 aromatic rings. The summed E-state index contributed by atoms with van der Waals surface area (Å²) in [5.74, 6) is 0. The van der Waals surface area contributed by atoms with Gasteiger partial charge in [0, 0.05) is 17.2 Å². The normalized spacial score (nSPS) is 12.4. The van der Waals surface area contributed by atoms with Crippen molar-refractivity contribution in [1.29, 1.82) is 0 Å². The predicted octanol–water partition coefficient (Wildman–Crippen LogP) is 5.20. The van der Waals surface area contributed by atoms with Gasteiger partial charge in [0.2, 0.25) is 0 Å². The molecule has 0 aliphatic carbocycles. The molecule has 0 aliphatic heterocycles. The van der Waals surface area contributed by atoms with Crippen LogP contribution in [0.25, 0.3) is 0 Å². The lowest BCUT2D eigenvalue weighted by Gasteiger charge is -2.31. The third-order valence-electron chi connectivity index (χ3n) is 4.32. The molecule has 144 valence electrons. The Balaban J connectivity index is 2.13. The summed E-state index contributed by atoms with van der Waals surface area (Å²) in [4.78, 5) is 10.3. The molecule has 1 atom stereocenters. The third-order valence-corrected chi connectivity index (χ3v) is 6.58. The zero-order valence-corrected chi connectivity index (χ0v) is 16.5.